The third kappa shape index (κ3) is 3.00. The zero-order valence-corrected chi connectivity index (χ0v) is 17.6. The zero-order valence-electron chi connectivity index (χ0n) is 16.0. The van der Waals surface area contributed by atoms with E-state index in [9.17, 15) is 13.2 Å². The SMILES string of the molecule is Cc1ccc(C)c(S(=O)(=O)N2CCC3=Nc4c(ccc(Cl)c4C)C(=O)C3C2)c1. The van der Waals surface area contributed by atoms with Crippen molar-refractivity contribution in [1.82, 2.24) is 4.31 Å². The summed E-state index contributed by atoms with van der Waals surface area (Å²) < 4.78 is 27.9. The van der Waals surface area contributed by atoms with Gasteiger partial charge in [-0.3, -0.25) is 9.79 Å². The van der Waals surface area contributed by atoms with Crippen molar-refractivity contribution in [1.29, 1.82) is 0 Å². The summed E-state index contributed by atoms with van der Waals surface area (Å²) >= 11 is 6.18. The van der Waals surface area contributed by atoms with Gasteiger partial charge in [-0.1, -0.05) is 23.7 Å². The van der Waals surface area contributed by atoms with Crippen molar-refractivity contribution in [2.45, 2.75) is 32.1 Å². The van der Waals surface area contributed by atoms with E-state index in [-0.39, 0.29) is 12.3 Å². The number of benzene rings is 2. The minimum absolute atomic E-state index is 0.0827. The molecule has 0 saturated carbocycles. The van der Waals surface area contributed by atoms with Crippen molar-refractivity contribution in [3.8, 4) is 0 Å². The lowest BCUT2D eigenvalue weighted by Crippen LogP contribution is -2.47. The number of carbonyl (C=O) groups is 1. The summed E-state index contributed by atoms with van der Waals surface area (Å²) in [6, 6.07) is 8.78. The largest absolute Gasteiger partial charge is 0.293 e. The van der Waals surface area contributed by atoms with Crippen LogP contribution in [0.3, 0.4) is 0 Å². The van der Waals surface area contributed by atoms with Crippen LogP contribution < -0.4 is 0 Å². The molecule has 2 aromatic carbocycles. The lowest BCUT2D eigenvalue weighted by atomic mass is 9.85. The van der Waals surface area contributed by atoms with E-state index >= 15 is 0 Å². The van der Waals surface area contributed by atoms with Gasteiger partial charge in [0.2, 0.25) is 10.0 Å². The number of rotatable bonds is 2. The Morgan fingerprint density at radius 2 is 1.89 bits per heavy atom. The third-order valence-corrected chi connectivity index (χ3v) is 7.99. The molecule has 1 atom stereocenters. The van der Waals surface area contributed by atoms with Crippen molar-refractivity contribution < 1.29 is 13.2 Å². The Hall–Kier alpha value is -2.02. The van der Waals surface area contributed by atoms with Crippen LogP contribution in [0.25, 0.3) is 0 Å². The highest BCUT2D eigenvalue weighted by Gasteiger charge is 2.40. The highest BCUT2D eigenvalue weighted by molar-refractivity contribution is 7.89. The van der Waals surface area contributed by atoms with Crippen molar-refractivity contribution in [3.63, 3.8) is 0 Å². The second-order valence-corrected chi connectivity index (χ2v) is 9.78. The summed E-state index contributed by atoms with van der Waals surface area (Å²) in [5, 5.41) is 0.573. The Kier molecular flexibility index (Phi) is 4.68. The molecule has 0 spiro atoms. The molecule has 0 aromatic heterocycles. The van der Waals surface area contributed by atoms with Crippen LogP contribution in [-0.2, 0) is 10.0 Å². The molecule has 146 valence electrons. The van der Waals surface area contributed by atoms with Gasteiger partial charge in [0.1, 0.15) is 0 Å². The topological polar surface area (TPSA) is 66.8 Å². The first-order valence-electron chi connectivity index (χ1n) is 9.18. The molecule has 1 unspecified atom stereocenters. The first-order valence-corrected chi connectivity index (χ1v) is 11.0. The van der Waals surface area contributed by atoms with Crippen LogP contribution in [0.1, 0.15) is 33.5 Å². The first kappa shape index (κ1) is 19.3. The van der Waals surface area contributed by atoms with Crippen LogP contribution in [0, 0.1) is 26.7 Å². The molecule has 2 aliphatic rings. The smallest absolute Gasteiger partial charge is 0.243 e. The molecule has 2 aliphatic heterocycles. The van der Waals surface area contributed by atoms with E-state index < -0.39 is 15.9 Å². The van der Waals surface area contributed by atoms with Gasteiger partial charge in [-0.2, -0.15) is 4.31 Å². The van der Waals surface area contributed by atoms with E-state index in [0.29, 0.717) is 39.7 Å². The van der Waals surface area contributed by atoms with Gasteiger partial charge in [0, 0.05) is 35.8 Å². The van der Waals surface area contributed by atoms with Crippen molar-refractivity contribution in [2.75, 3.05) is 13.1 Å². The van der Waals surface area contributed by atoms with Crippen LogP contribution in [0.5, 0.6) is 0 Å². The van der Waals surface area contributed by atoms with Crippen LogP contribution in [0.2, 0.25) is 5.02 Å². The van der Waals surface area contributed by atoms with Crippen molar-refractivity contribution in [3.05, 3.63) is 57.6 Å². The molecule has 0 radical (unpaired) electrons. The summed E-state index contributed by atoms with van der Waals surface area (Å²) in [6.45, 7) is 5.94. The molecule has 2 heterocycles. The summed E-state index contributed by atoms with van der Waals surface area (Å²) in [5.74, 6) is -0.623. The molecule has 1 fully saturated rings. The number of aryl methyl sites for hydroxylation is 2. The molecule has 0 amide bonds. The zero-order chi connectivity index (χ0) is 20.2. The van der Waals surface area contributed by atoms with E-state index in [1.165, 1.54) is 4.31 Å². The normalized spacial score (nSPS) is 19.8. The highest BCUT2D eigenvalue weighted by atomic mass is 35.5. The number of hydrogen-bond donors (Lipinski definition) is 0. The van der Waals surface area contributed by atoms with Crippen molar-refractivity contribution in [2.24, 2.45) is 10.9 Å². The van der Waals surface area contributed by atoms with Crippen LogP contribution in [0.15, 0.2) is 40.2 Å². The standard InChI is InChI=1S/C21H21ClN2O3S/c1-12-4-5-13(2)19(10-12)28(26,27)24-9-8-18-16(11-24)21(25)15-6-7-17(22)14(3)20(15)23-18/h4-7,10,16H,8-9,11H2,1-3H3. The van der Waals surface area contributed by atoms with Gasteiger partial charge in [0.25, 0.3) is 0 Å². The molecule has 0 N–H and O–H groups in total. The van der Waals surface area contributed by atoms with Gasteiger partial charge in [-0.05, 0) is 55.7 Å². The highest BCUT2D eigenvalue weighted by Crippen LogP contribution is 2.38. The van der Waals surface area contributed by atoms with Crippen LogP contribution in [0.4, 0.5) is 5.69 Å². The number of nitrogens with zero attached hydrogens (tertiary/aromatic N) is 2. The number of piperidine rings is 1. The van der Waals surface area contributed by atoms with Crippen LogP contribution >= 0.6 is 11.6 Å². The molecule has 2 aromatic rings. The molecule has 28 heavy (non-hydrogen) atoms. The molecule has 0 bridgehead atoms. The summed E-state index contributed by atoms with van der Waals surface area (Å²) in [7, 11) is -3.68. The number of fused-ring (bicyclic) bond motifs is 2. The van der Waals surface area contributed by atoms with Crippen molar-refractivity contribution >= 4 is 38.8 Å². The van der Waals surface area contributed by atoms with E-state index in [4.69, 9.17) is 11.6 Å². The van der Waals surface area contributed by atoms with Gasteiger partial charge in [-0.25, -0.2) is 8.42 Å². The molecule has 1 saturated heterocycles. The summed E-state index contributed by atoms with van der Waals surface area (Å²) in [5.41, 5.74) is 4.25. The second kappa shape index (κ2) is 6.79. The number of sulfonamides is 1. The predicted molar refractivity (Wildman–Crippen MR) is 110 cm³/mol. The Labute approximate surface area is 170 Å². The van der Waals surface area contributed by atoms with E-state index in [0.717, 1.165) is 16.8 Å². The van der Waals surface area contributed by atoms with E-state index in [1.807, 2.05) is 26.0 Å². The average molecular weight is 417 g/mol. The maximum atomic E-state index is 13.2. The molecule has 0 aliphatic carbocycles. The lowest BCUT2D eigenvalue weighted by Gasteiger charge is -2.35. The number of aliphatic imine (C=N–C) groups is 1. The Bertz CT molecular complexity index is 1140. The fourth-order valence-electron chi connectivity index (χ4n) is 3.87. The fourth-order valence-corrected chi connectivity index (χ4v) is 5.79. The Morgan fingerprint density at radius 3 is 2.64 bits per heavy atom. The third-order valence-electron chi connectivity index (χ3n) is 5.57. The fraction of sp³-hybridized carbons (Fsp3) is 0.333. The number of ketones is 1. The number of Topliss-reactive ketones (excluding diaryl/α,β-unsaturated/α-hetero) is 1. The predicted octanol–water partition coefficient (Wildman–Crippen LogP) is 4.24. The number of hydrogen-bond acceptors (Lipinski definition) is 4. The number of carbonyl (C=O) groups excluding carboxylic acids is 1. The maximum Gasteiger partial charge on any atom is 0.243 e. The van der Waals surface area contributed by atoms with Crippen LogP contribution in [-0.4, -0.2) is 37.3 Å². The van der Waals surface area contributed by atoms with E-state index in [1.54, 1.807) is 25.1 Å². The molecular formula is C21H21ClN2O3S. The Morgan fingerprint density at radius 1 is 1.14 bits per heavy atom. The average Bonchev–Trinajstić information content (AvgIpc) is 2.67. The summed E-state index contributed by atoms with van der Waals surface area (Å²) in [4.78, 5) is 18.1. The second-order valence-electron chi connectivity index (χ2n) is 7.47. The van der Waals surface area contributed by atoms with Gasteiger partial charge in [0.15, 0.2) is 5.78 Å². The lowest BCUT2D eigenvalue weighted by molar-refractivity contribution is 0.0935. The molecule has 4 rings (SSSR count). The summed E-state index contributed by atoms with van der Waals surface area (Å²) in [6.07, 6.45) is 0.436. The van der Waals surface area contributed by atoms with Gasteiger partial charge >= 0.3 is 0 Å². The van der Waals surface area contributed by atoms with Gasteiger partial charge in [-0.15, -0.1) is 0 Å². The Balaban J connectivity index is 1.71. The minimum atomic E-state index is -3.68. The number of halogens is 1. The maximum absolute atomic E-state index is 13.2. The quantitative estimate of drug-likeness (QED) is 0.735. The molecular weight excluding hydrogens is 396 g/mol. The molecule has 7 heteroatoms. The monoisotopic (exact) mass is 416 g/mol. The molecule has 5 nitrogen and oxygen atoms in total. The van der Waals surface area contributed by atoms with Gasteiger partial charge in [0.05, 0.1) is 16.5 Å². The van der Waals surface area contributed by atoms with Gasteiger partial charge < -0.3 is 0 Å². The minimum Gasteiger partial charge on any atom is -0.293 e. The first-order chi connectivity index (χ1) is 13.2. The van der Waals surface area contributed by atoms with E-state index in [2.05, 4.69) is 4.99 Å².